The highest BCUT2D eigenvalue weighted by atomic mass is 16.2. The summed E-state index contributed by atoms with van der Waals surface area (Å²) >= 11 is 0. The van der Waals surface area contributed by atoms with Crippen LogP contribution in [-0.2, 0) is 16.1 Å². The summed E-state index contributed by atoms with van der Waals surface area (Å²) in [4.78, 5) is 35.4. The third-order valence-electron chi connectivity index (χ3n) is 5.97. The molecule has 1 fully saturated rings. The topological polar surface area (TPSA) is 98.6 Å². The number of amides is 2. The summed E-state index contributed by atoms with van der Waals surface area (Å²) < 4.78 is 1.78. The first-order chi connectivity index (χ1) is 16.1. The number of piperazine rings is 1. The van der Waals surface area contributed by atoms with Gasteiger partial charge in [-0.2, -0.15) is 5.10 Å². The van der Waals surface area contributed by atoms with Crippen molar-refractivity contribution in [3.05, 3.63) is 36.9 Å². The maximum atomic E-state index is 12.2. The number of aromatic nitrogens is 3. The molecule has 2 amide bonds. The van der Waals surface area contributed by atoms with E-state index in [1.165, 1.54) is 5.69 Å². The molecule has 0 atom stereocenters. The van der Waals surface area contributed by atoms with Crippen molar-refractivity contribution in [2.24, 2.45) is 0 Å². The van der Waals surface area contributed by atoms with Crippen LogP contribution in [0.25, 0.3) is 0 Å². The molecule has 3 rings (SSSR count). The van der Waals surface area contributed by atoms with Crippen molar-refractivity contribution in [2.45, 2.75) is 26.8 Å². The number of carbonyl (C=O) groups is 2. The molecule has 0 bridgehead atoms. The Labute approximate surface area is 195 Å². The first kappa shape index (κ1) is 24.7. The second-order valence-electron chi connectivity index (χ2n) is 8.12. The number of anilines is 2. The van der Waals surface area contributed by atoms with Gasteiger partial charge in [0, 0.05) is 63.5 Å². The molecule has 2 N–H and O–H groups in total. The fraction of sp³-hybridized carbons (Fsp3) is 0.565. The summed E-state index contributed by atoms with van der Waals surface area (Å²) in [6, 6.07) is 4.07. The van der Waals surface area contributed by atoms with Crippen molar-refractivity contribution in [2.75, 3.05) is 69.1 Å². The molecule has 1 saturated heterocycles. The van der Waals surface area contributed by atoms with Crippen LogP contribution in [0.4, 0.5) is 11.4 Å². The molecule has 33 heavy (non-hydrogen) atoms. The van der Waals surface area contributed by atoms with E-state index >= 15 is 0 Å². The molecule has 0 radical (unpaired) electrons. The van der Waals surface area contributed by atoms with Gasteiger partial charge in [-0.25, -0.2) is 0 Å². The van der Waals surface area contributed by atoms with Gasteiger partial charge in [0.05, 0.1) is 18.4 Å². The first-order valence-electron chi connectivity index (χ1n) is 11.8. The van der Waals surface area contributed by atoms with Crippen LogP contribution in [0.3, 0.4) is 0 Å². The lowest BCUT2D eigenvalue weighted by Crippen LogP contribution is -2.47. The van der Waals surface area contributed by atoms with E-state index in [9.17, 15) is 9.59 Å². The van der Waals surface area contributed by atoms with Crippen LogP contribution in [-0.4, -0.2) is 95.3 Å². The molecule has 2 aromatic rings. The molecule has 10 heteroatoms. The van der Waals surface area contributed by atoms with Gasteiger partial charge in [0.2, 0.25) is 0 Å². The first-order valence-corrected chi connectivity index (χ1v) is 11.8. The lowest BCUT2D eigenvalue weighted by atomic mass is 10.2. The number of likely N-dealkylation sites (N-methyl/N-ethyl adjacent to an activating group) is 1. The van der Waals surface area contributed by atoms with E-state index in [0.29, 0.717) is 12.2 Å². The Balaban J connectivity index is 1.29. The van der Waals surface area contributed by atoms with Crippen LogP contribution in [0.5, 0.6) is 0 Å². The lowest BCUT2D eigenvalue weighted by Gasteiger charge is -2.36. The molecule has 0 saturated carbocycles. The van der Waals surface area contributed by atoms with Crippen LogP contribution in [0.1, 0.15) is 20.3 Å². The molecule has 180 valence electrons. The molecule has 2 aromatic heterocycles. The molecule has 1 aliphatic heterocycles. The van der Waals surface area contributed by atoms with Gasteiger partial charge in [0.25, 0.3) is 0 Å². The van der Waals surface area contributed by atoms with Gasteiger partial charge in [-0.05, 0) is 38.2 Å². The molecule has 1 aliphatic rings. The third kappa shape index (κ3) is 7.83. The summed E-state index contributed by atoms with van der Waals surface area (Å²) in [6.07, 6.45) is 7.76. The normalized spacial score (nSPS) is 14.5. The van der Waals surface area contributed by atoms with Crippen molar-refractivity contribution in [1.29, 1.82) is 0 Å². The van der Waals surface area contributed by atoms with E-state index in [1.54, 1.807) is 17.1 Å². The zero-order valence-electron chi connectivity index (χ0n) is 19.7. The average Bonchev–Trinajstić information content (AvgIpc) is 3.30. The van der Waals surface area contributed by atoms with Gasteiger partial charge in [0.15, 0.2) is 0 Å². The summed E-state index contributed by atoms with van der Waals surface area (Å²) in [5.41, 5.74) is 1.74. The van der Waals surface area contributed by atoms with Crippen molar-refractivity contribution < 1.29 is 9.59 Å². The van der Waals surface area contributed by atoms with E-state index in [-0.39, 0.29) is 0 Å². The number of carbonyl (C=O) groups excluding carboxylic acids is 2. The Morgan fingerprint density at radius 3 is 2.45 bits per heavy atom. The number of rotatable bonds is 11. The lowest BCUT2D eigenvalue weighted by molar-refractivity contribution is -0.136. The summed E-state index contributed by atoms with van der Waals surface area (Å²) in [6.45, 7) is 13.1. The van der Waals surface area contributed by atoms with Crippen molar-refractivity contribution >= 4 is 23.2 Å². The third-order valence-corrected chi connectivity index (χ3v) is 5.97. The SMILES string of the molecule is CCN(CC)CCn1cc(NC(=O)C(=O)NCCCN2CCN(c3ccncc3)CC2)cn1. The molecule has 10 nitrogen and oxygen atoms in total. The second-order valence-corrected chi connectivity index (χ2v) is 8.12. The zero-order chi connectivity index (χ0) is 23.5. The minimum Gasteiger partial charge on any atom is -0.369 e. The van der Waals surface area contributed by atoms with Gasteiger partial charge >= 0.3 is 11.8 Å². The zero-order valence-corrected chi connectivity index (χ0v) is 19.7. The highest BCUT2D eigenvalue weighted by molar-refractivity contribution is 6.39. The van der Waals surface area contributed by atoms with Gasteiger partial charge in [-0.1, -0.05) is 13.8 Å². The largest absolute Gasteiger partial charge is 0.369 e. The average molecular weight is 457 g/mol. The van der Waals surface area contributed by atoms with Gasteiger partial charge in [-0.15, -0.1) is 0 Å². The number of nitrogens with zero attached hydrogens (tertiary/aromatic N) is 6. The minimum absolute atomic E-state index is 0.472. The van der Waals surface area contributed by atoms with E-state index in [4.69, 9.17) is 0 Å². The van der Waals surface area contributed by atoms with Gasteiger partial charge in [-0.3, -0.25) is 24.2 Å². The monoisotopic (exact) mass is 456 g/mol. The highest BCUT2D eigenvalue weighted by Crippen LogP contribution is 2.14. The highest BCUT2D eigenvalue weighted by Gasteiger charge is 2.18. The van der Waals surface area contributed by atoms with Crippen LogP contribution < -0.4 is 15.5 Å². The molecule has 0 aromatic carbocycles. The second kappa shape index (κ2) is 12.9. The van der Waals surface area contributed by atoms with Crippen LogP contribution in [0.2, 0.25) is 0 Å². The molecule has 0 aliphatic carbocycles. The van der Waals surface area contributed by atoms with E-state index < -0.39 is 11.8 Å². The predicted octanol–water partition coefficient (Wildman–Crippen LogP) is 0.887. The fourth-order valence-electron chi connectivity index (χ4n) is 3.89. The molecule has 3 heterocycles. The number of nitrogens with one attached hydrogen (secondary N) is 2. The molecule has 0 unspecified atom stereocenters. The molecule has 0 spiro atoms. The maximum Gasteiger partial charge on any atom is 0.313 e. The Bertz CT molecular complexity index is 860. The van der Waals surface area contributed by atoms with Crippen LogP contribution in [0, 0.1) is 0 Å². The number of hydrogen-bond acceptors (Lipinski definition) is 7. The van der Waals surface area contributed by atoms with Crippen LogP contribution in [0.15, 0.2) is 36.9 Å². The van der Waals surface area contributed by atoms with Gasteiger partial charge in [0.1, 0.15) is 0 Å². The van der Waals surface area contributed by atoms with Gasteiger partial charge < -0.3 is 20.4 Å². The Hall–Kier alpha value is -2.98. The Morgan fingerprint density at radius 2 is 1.76 bits per heavy atom. The summed E-state index contributed by atoms with van der Waals surface area (Å²) in [5.74, 6) is -1.28. The summed E-state index contributed by atoms with van der Waals surface area (Å²) in [5, 5.41) is 9.58. The van der Waals surface area contributed by atoms with E-state index in [1.807, 2.05) is 24.5 Å². The molecular weight excluding hydrogens is 420 g/mol. The van der Waals surface area contributed by atoms with Crippen LogP contribution >= 0.6 is 0 Å². The summed E-state index contributed by atoms with van der Waals surface area (Å²) in [7, 11) is 0. The van der Waals surface area contributed by atoms with Crippen molar-refractivity contribution in [3.8, 4) is 0 Å². The maximum absolute atomic E-state index is 12.2. The number of hydrogen-bond donors (Lipinski definition) is 2. The molecular formula is C23H36N8O2. The predicted molar refractivity (Wildman–Crippen MR) is 129 cm³/mol. The van der Waals surface area contributed by atoms with E-state index in [0.717, 1.165) is 65.3 Å². The fourth-order valence-corrected chi connectivity index (χ4v) is 3.89. The van der Waals surface area contributed by atoms with Crippen molar-refractivity contribution in [3.63, 3.8) is 0 Å². The minimum atomic E-state index is -0.663. The smallest absolute Gasteiger partial charge is 0.313 e. The number of pyridine rings is 1. The standard InChI is InChI=1S/C23H36N8O2/c1-3-28(4-2)14-17-31-19-20(18-26-31)27-23(33)22(32)25-8-5-11-29-12-15-30(16-13-29)21-6-9-24-10-7-21/h6-7,9-10,18-19H,3-5,8,11-17H2,1-2H3,(H,25,32)(H,27,33). The van der Waals surface area contributed by atoms with Crippen molar-refractivity contribution in [1.82, 2.24) is 29.9 Å². The quantitative estimate of drug-likeness (QED) is 0.383. The Kier molecular flexibility index (Phi) is 9.64. The Morgan fingerprint density at radius 1 is 1.03 bits per heavy atom. The van der Waals surface area contributed by atoms with E-state index in [2.05, 4.69) is 49.3 Å².